The molecule has 0 heterocycles. The van der Waals surface area contributed by atoms with E-state index in [4.69, 9.17) is 28.3 Å². The van der Waals surface area contributed by atoms with E-state index in [1.54, 1.807) is 0 Å². The van der Waals surface area contributed by atoms with E-state index in [0.717, 1.165) is 0 Å². The lowest BCUT2D eigenvalue weighted by Crippen LogP contribution is -2.03. The van der Waals surface area contributed by atoms with Gasteiger partial charge in [-0.2, -0.15) is 4.89 Å². The first-order valence-electron chi connectivity index (χ1n) is 3.50. The molecule has 1 rings (SSSR count). The normalized spacial score (nSPS) is 9.93. The van der Waals surface area contributed by atoms with Crippen LogP contribution in [0.3, 0.4) is 0 Å². The van der Waals surface area contributed by atoms with E-state index in [1.165, 1.54) is 19.2 Å². The van der Waals surface area contributed by atoms with E-state index >= 15 is 0 Å². The van der Waals surface area contributed by atoms with Gasteiger partial charge in [-0.25, -0.2) is 4.79 Å². The van der Waals surface area contributed by atoms with Crippen molar-refractivity contribution in [2.24, 2.45) is 0 Å². The van der Waals surface area contributed by atoms with Crippen LogP contribution in [0.15, 0.2) is 12.1 Å². The summed E-state index contributed by atoms with van der Waals surface area (Å²) in [5.41, 5.74) is -0.110. The molecule has 0 aromatic heterocycles. The van der Waals surface area contributed by atoms with Gasteiger partial charge >= 0.3 is 5.97 Å². The molecule has 0 radical (unpaired) electrons. The highest BCUT2D eigenvalue weighted by molar-refractivity contribution is 6.43. The van der Waals surface area contributed by atoms with E-state index in [-0.39, 0.29) is 21.4 Å². The summed E-state index contributed by atoms with van der Waals surface area (Å²) in [7, 11) is 1.24. The lowest BCUT2D eigenvalue weighted by Gasteiger charge is -2.07. The third-order valence-corrected chi connectivity index (χ3v) is 2.23. The molecule has 0 fully saturated rings. The smallest absolute Gasteiger partial charge is 0.339 e. The van der Waals surface area contributed by atoms with Crippen molar-refractivity contribution in [2.45, 2.75) is 0 Å². The second-order valence-electron chi connectivity index (χ2n) is 2.29. The van der Waals surface area contributed by atoms with Gasteiger partial charge in [-0.3, -0.25) is 0 Å². The number of hydrogen-bond donors (Lipinski definition) is 1. The molecule has 1 N–H and O–H groups in total. The van der Waals surface area contributed by atoms with Crippen LogP contribution in [0.25, 0.3) is 0 Å². The summed E-state index contributed by atoms with van der Waals surface area (Å²) < 4.78 is 0. The Morgan fingerprint density at radius 2 is 2.07 bits per heavy atom. The second-order valence-corrected chi connectivity index (χ2v) is 3.08. The summed E-state index contributed by atoms with van der Waals surface area (Å²) in [4.78, 5) is 19.7. The maximum atomic E-state index is 10.7. The average Bonchev–Trinajstić information content (AvgIpc) is 2.13. The number of carboxylic acids is 1. The highest BCUT2D eigenvalue weighted by atomic mass is 35.5. The molecule has 0 aliphatic rings. The van der Waals surface area contributed by atoms with E-state index in [2.05, 4.69) is 9.78 Å². The van der Waals surface area contributed by atoms with Crippen molar-refractivity contribution in [3.8, 4) is 5.75 Å². The molecule has 14 heavy (non-hydrogen) atoms. The summed E-state index contributed by atoms with van der Waals surface area (Å²) in [5, 5.41) is 8.98. The molecule has 0 saturated carbocycles. The Morgan fingerprint density at radius 3 is 2.57 bits per heavy atom. The van der Waals surface area contributed by atoms with Gasteiger partial charge in [0.15, 0.2) is 5.75 Å². The number of rotatable bonds is 3. The van der Waals surface area contributed by atoms with Crippen LogP contribution in [-0.2, 0) is 4.89 Å². The molecular formula is C8H6Cl2O4. The Labute approximate surface area is 89.9 Å². The fraction of sp³-hybridized carbons (Fsp3) is 0.125. The first-order chi connectivity index (χ1) is 6.57. The van der Waals surface area contributed by atoms with Crippen molar-refractivity contribution in [1.29, 1.82) is 0 Å². The Bertz CT molecular complexity index is 365. The SMILES string of the molecule is COOc1c(C(=O)O)ccc(Cl)c1Cl. The first kappa shape index (κ1) is 11.1. The van der Waals surface area contributed by atoms with Crippen LogP contribution in [-0.4, -0.2) is 18.2 Å². The van der Waals surface area contributed by atoms with E-state index in [9.17, 15) is 4.79 Å². The number of aromatic carboxylic acids is 1. The van der Waals surface area contributed by atoms with Gasteiger partial charge in [0.2, 0.25) is 0 Å². The van der Waals surface area contributed by atoms with Crippen LogP contribution < -0.4 is 4.89 Å². The van der Waals surface area contributed by atoms with Gasteiger partial charge in [-0.15, -0.1) is 0 Å². The highest BCUT2D eigenvalue weighted by Gasteiger charge is 2.18. The number of benzene rings is 1. The summed E-state index contributed by atoms with van der Waals surface area (Å²) >= 11 is 11.4. The molecule has 0 amide bonds. The Hall–Kier alpha value is -0.970. The molecule has 76 valence electrons. The molecule has 0 atom stereocenters. The zero-order valence-corrected chi connectivity index (χ0v) is 8.59. The molecule has 0 bridgehead atoms. The molecule has 0 aliphatic carbocycles. The van der Waals surface area contributed by atoms with Gasteiger partial charge in [-0.05, 0) is 12.1 Å². The minimum Gasteiger partial charge on any atom is -0.478 e. The van der Waals surface area contributed by atoms with Crippen molar-refractivity contribution < 1.29 is 19.7 Å². The Balaban J connectivity index is 3.29. The van der Waals surface area contributed by atoms with Gasteiger partial charge in [-0.1, -0.05) is 23.2 Å². The molecular weight excluding hydrogens is 231 g/mol. The molecule has 6 heteroatoms. The van der Waals surface area contributed by atoms with Crippen LogP contribution in [0.1, 0.15) is 10.4 Å². The molecule has 0 spiro atoms. The molecule has 4 nitrogen and oxygen atoms in total. The topological polar surface area (TPSA) is 55.8 Å². The van der Waals surface area contributed by atoms with Crippen molar-refractivity contribution >= 4 is 29.2 Å². The lowest BCUT2D eigenvalue weighted by atomic mass is 10.2. The lowest BCUT2D eigenvalue weighted by molar-refractivity contribution is -0.178. The van der Waals surface area contributed by atoms with Crippen molar-refractivity contribution in [3.05, 3.63) is 27.7 Å². The average molecular weight is 237 g/mol. The quantitative estimate of drug-likeness (QED) is 0.648. The minimum absolute atomic E-state index is 0.00779. The monoisotopic (exact) mass is 236 g/mol. The molecule has 1 aromatic carbocycles. The minimum atomic E-state index is -1.17. The number of carbonyl (C=O) groups is 1. The molecule has 0 unspecified atom stereocenters. The number of hydrogen-bond acceptors (Lipinski definition) is 3. The number of carboxylic acid groups (broad SMARTS) is 1. The third-order valence-electron chi connectivity index (χ3n) is 1.45. The fourth-order valence-corrected chi connectivity index (χ4v) is 1.21. The second kappa shape index (κ2) is 4.50. The summed E-state index contributed by atoms with van der Waals surface area (Å²) in [6.45, 7) is 0. The summed E-state index contributed by atoms with van der Waals surface area (Å²) in [6, 6.07) is 2.65. The number of halogens is 2. The predicted molar refractivity (Wildman–Crippen MR) is 51.1 cm³/mol. The van der Waals surface area contributed by atoms with E-state index < -0.39 is 5.97 Å². The van der Waals surface area contributed by atoms with Crippen LogP contribution in [0, 0.1) is 0 Å². The fourth-order valence-electron chi connectivity index (χ4n) is 0.865. The zero-order chi connectivity index (χ0) is 10.7. The maximum absolute atomic E-state index is 10.7. The summed E-state index contributed by atoms with van der Waals surface area (Å²) in [6.07, 6.45) is 0. The molecule has 1 aromatic rings. The summed E-state index contributed by atoms with van der Waals surface area (Å²) in [5.74, 6) is -1.27. The predicted octanol–water partition coefficient (Wildman–Crippen LogP) is 2.63. The van der Waals surface area contributed by atoms with E-state index in [1.807, 2.05) is 0 Å². The van der Waals surface area contributed by atoms with Crippen LogP contribution >= 0.6 is 23.2 Å². The molecule has 0 saturated heterocycles. The van der Waals surface area contributed by atoms with Gasteiger partial charge in [0.05, 0.1) is 12.1 Å². The van der Waals surface area contributed by atoms with Crippen molar-refractivity contribution in [2.75, 3.05) is 7.11 Å². The third kappa shape index (κ3) is 2.09. The first-order valence-corrected chi connectivity index (χ1v) is 4.25. The van der Waals surface area contributed by atoms with Gasteiger partial charge in [0, 0.05) is 0 Å². The highest BCUT2D eigenvalue weighted by Crippen LogP contribution is 2.35. The standard InChI is InChI=1S/C8H6Cl2O4/c1-13-14-7-4(8(11)12)2-3-5(9)6(7)10/h2-3H,1H3,(H,11,12). The molecule has 0 aliphatic heterocycles. The van der Waals surface area contributed by atoms with Crippen molar-refractivity contribution in [3.63, 3.8) is 0 Å². The largest absolute Gasteiger partial charge is 0.478 e. The van der Waals surface area contributed by atoms with Gasteiger partial charge < -0.3 is 9.99 Å². The zero-order valence-electron chi connectivity index (χ0n) is 7.08. The Morgan fingerprint density at radius 1 is 1.43 bits per heavy atom. The van der Waals surface area contributed by atoms with Gasteiger partial charge in [0.25, 0.3) is 0 Å². The van der Waals surface area contributed by atoms with Crippen LogP contribution in [0.2, 0.25) is 10.0 Å². The Kier molecular flexibility index (Phi) is 3.57. The van der Waals surface area contributed by atoms with Crippen molar-refractivity contribution in [1.82, 2.24) is 0 Å². The van der Waals surface area contributed by atoms with Crippen LogP contribution in [0.4, 0.5) is 0 Å². The maximum Gasteiger partial charge on any atom is 0.339 e. The van der Waals surface area contributed by atoms with E-state index in [0.29, 0.717) is 0 Å². The van der Waals surface area contributed by atoms with Crippen LogP contribution in [0.5, 0.6) is 5.75 Å². The van der Waals surface area contributed by atoms with Gasteiger partial charge in [0.1, 0.15) is 10.6 Å².